The van der Waals surface area contributed by atoms with Crippen molar-refractivity contribution >= 4 is 17.6 Å². The number of aromatic nitrogens is 3. The van der Waals surface area contributed by atoms with E-state index in [4.69, 9.17) is 9.47 Å². The second-order valence-corrected chi connectivity index (χ2v) is 7.51. The van der Waals surface area contributed by atoms with Gasteiger partial charge in [0.05, 0.1) is 17.7 Å². The molecular weight excluding hydrogens is 391 g/mol. The molecule has 2 heterocycles. The molecule has 3 rings (SSSR count). The van der Waals surface area contributed by atoms with Crippen LogP contribution in [0.1, 0.15) is 43.7 Å². The Balaban J connectivity index is 1.92. The van der Waals surface area contributed by atoms with E-state index in [1.54, 1.807) is 46.0 Å². The molecule has 0 spiro atoms. The lowest BCUT2D eigenvalue weighted by Gasteiger charge is -2.19. The van der Waals surface area contributed by atoms with E-state index >= 15 is 0 Å². The van der Waals surface area contributed by atoms with Crippen molar-refractivity contribution in [2.45, 2.75) is 39.8 Å². The highest BCUT2D eigenvalue weighted by atomic mass is 19.1. The third kappa shape index (κ3) is 4.91. The van der Waals surface area contributed by atoms with Crippen molar-refractivity contribution in [3.63, 3.8) is 0 Å². The summed E-state index contributed by atoms with van der Waals surface area (Å²) in [7, 11) is 0. The van der Waals surface area contributed by atoms with Gasteiger partial charge in [0, 0.05) is 12.7 Å². The summed E-state index contributed by atoms with van der Waals surface area (Å²) in [4.78, 5) is 28.4. The van der Waals surface area contributed by atoms with Crippen molar-refractivity contribution in [3.05, 3.63) is 53.6 Å². The second kappa shape index (κ2) is 8.48. The number of fused-ring (bicyclic) bond motifs is 1. The summed E-state index contributed by atoms with van der Waals surface area (Å²) in [5.41, 5.74) is 0.594. The summed E-state index contributed by atoms with van der Waals surface area (Å²) in [6.07, 6.45) is 1.05. The minimum atomic E-state index is -0.623. The fourth-order valence-corrected chi connectivity index (χ4v) is 2.74. The Morgan fingerprint density at radius 1 is 1.23 bits per heavy atom. The Bertz CT molecular complexity index is 1090. The molecule has 0 radical (unpaired) electrons. The van der Waals surface area contributed by atoms with Crippen molar-refractivity contribution in [2.75, 3.05) is 6.61 Å². The molecule has 0 saturated heterocycles. The Hall–Kier alpha value is -3.49. The van der Waals surface area contributed by atoms with Gasteiger partial charge in [0.2, 0.25) is 0 Å². The highest BCUT2D eigenvalue weighted by Gasteiger charge is 2.20. The van der Waals surface area contributed by atoms with Gasteiger partial charge in [-0.05, 0) is 57.5 Å². The fourth-order valence-electron chi connectivity index (χ4n) is 2.74. The summed E-state index contributed by atoms with van der Waals surface area (Å²) in [5.74, 6) is -1.15. The first-order valence-electron chi connectivity index (χ1n) is 9.46. The Morgan fingerprint density at radius 3 is 2.70 bits per heavy atom. The van der Waals surface area contributed by atoms with E-state index in [2.05, 4.69) is 15.4 Å². The van der Waals surface area contributed by atoms with Crippen LogP contribution in [0.4, 0.5) is 9.18 Å². The maximum atomic E-state index is 14.6. The molecule has 0 aliphatic heterocycles. The number of alkyl carbamates (subject to hydrolysis) is 1. The Morgan fingerprint density at radius 2 is 2.00 bits per heavy atom. The summed E-state index contributed by atoms with van der Waals surface area (Å²) in [6.45, 7) is 7.29. The molecule has 8 nitrogen and oxygen atoms in total. The van der Waals surface area contributed by atoms with Gasteiger partial charge in [-0.1, -0.05) is 6.07 Å². The van der Waals surface area contributed by atoms with Crippen LogP contribution in [-0.4, -0.2) is 38.9 Å². The zero-order chi connectivity index (χ0) is 21.9. The molecule has 0 aliphatic carbocycles. The van der Waals surface area contributed by atoms with E-state index in [0.717, 1.165) is 0 Å². The minimum absolute atomic E-state index is 0.0263. The van der Waals surface area contributed by atoms with Crippen molar-refractivity contribution < 1.29 is 23.5 Å². The number of hydrogen-bond donors (Lipinski definition) is 1. The highest BCUT2D eigenvalue weighted by molar-refractivity contribution is 5.95. The van der Waals surface area contributed by atoms with Crippen LogP contribution >= 0.6 is 0 Å². The second-order valence-electron chi connectivity index (χ2n) is 7.51. The normalized spacial score (nSPS) is 11.4. The lowest BCUT2D eigenvalue weighted by molar-refractivity contribution is 0.0512. The predicted molar refractivity (Wildman–Crippen MR) is 107 cm³/mol. The maximum Gasteiger partial charge on any atom is 0.407 e. The number of nitrogens with zero attached hydrogens (tertiary/aromatic N) is 3. The maximum absolute atomic E-state index is 14.6. The first-order valence-corrected chi connectivity index (χ1v) is 9.46. The van der Waals surface area contributed by atoms with Gasteiger partial charge in [0.25, 0.3) is 0 Å². The lowest BCUT2D eigenvalue weighted by Crippen LogP contribution is -2.32. The van der Waals surface area contributed by atoms with Crippen LogP contribution in [0.25, 0.3) is 16.9 Å². The van der Waals surface area contributed by atoms with Gasteiger partial charge in [-0.2, -0.15) is 0 Å². The third-order valence-corrected chi connectivity index (χ3v) is 3.97. The van der Waals surface area contributed by atoms with Crippen LogP contribution in [0.3, 0.4) is 0 Å². The van der Waals surface area contributed by atoms with Crippen molar-refractivity contribution in [2.24, 2.45) is 0 Å². The van der Waals surface area contributed by atoms with Gasteiger partial charge < -0.3 is 14.8 Å². The molecule has 1 N–H and O–H groups in total. The number of carbonyl (C=O) groups is 2. The topological polar surface area (TPSA) is 94.8 Å². The molecule has 1 aromatic carbocycles. The first-order chi connectivity index (χ1) is 14.2. The number of hydrogen-bond acceptors (Lipinski definition) is 6. The number of rotatable bonds is 5. The largest absolute Gasteiger partial charge is 0.461 e. The first kappa shape index (κ1) is 21.2. The molecule has 0 saturated carbocycles. The number of ether oxygens (including phenoxy) is 2. The SMILES string of the molecule is CCOC(=O)c1nc(-c2cc(CNC(=O)OC(C)(C)C)ccc2F)nn2cccc12. The molecule has 3 aromatic rings. The van der Waals surface area contributed by atoms with E-state index in [1.807, 2.05) is 0 Å². The van der Waals surface area contributed by atoms with Gasteiger partial charge >= 0.3 is 12.1 Å². The van der Waals surface area contributed by atoms with Crippen molar-refractivity contribution in [1.82, 2.24) is 19.9 Å². The number of halogens is 1. The number of carbonyl (C=O) groups excluding carboxylic acids is 2. The summed E-state index contributed by atoms with van der Waals surface area (Å²) >= 11 is 0. The van der Waals surface area contributed by atoms with E-state index in [-0.39, 0.29) is 30.2 Å². The van der Waals surface area contributed by atoms with Crippen LogP contribution in [0.5, 0.6) is 0 Å². The molecule has 1 amide bonds. The van der Waals surface area contributed by atoms with Crippen molar-refractivity contribution in [1.29, 1.82) is 0 Å². The van der Waals surface area contributed by atoms with Crippen LogP contribution in [-0.2, 0) is 16.0 Å². The van der Waals surface area contributed by atoms with Gasteiger partial charge in [0.15, 0.2) is 11.5 Å². The average molecular weight is 414 g/mol. The van der Waals surface area contributed by atoms with Crippen LogP contribution in [0.2, 0.25) is 0 Å². The molecule has 2 aromatic heterocycles. The lowest BCUT2D eigenvalue weighted by atomic mass is 10.1. The number of benzene rings is 1. The number of amides is 1. The zero-order valence-electron chi connectivity index (χ0n) is 17.2. The molecule has 158 valence electrons. The molecule has 0 aliphatic rings. The molecule has 0 unspecified atom stereocenters. The fraction of sp³-hybridized carbons (Fsp3) is 0.333. The Labute approximate surface area is 173 Å². The number of nitrogens with one attached hydrogen (secondary N) is 1. The third-order valence-electron chi connectivity index (χ3n) is 3.97. The van der Waals surface area contributed by atoms with Gasteiger partial charge in [0.1, 0.15) is 11.4 Å². The van der Waals surface area contributed by atoms with E-state index in [9.17, 15) is 14.0 Å². The monoisotopic (exact) mass is 414 g/mol. The molecule has 9 heteroatoms. The van der Waals surface area contributed by atoms with E-state index in [1.165, 1.54) is 22.7 Å². The molecule has 30 heavy (non-hydrogen) atoms. The van der Waals surface area contributed by atoms with Gasteiger partial charge in [-0.25, -0.2) is 23.5 Å². The minimum Gasteiger partial charge on any atom is -0.461 e. The van der Waals surface area contributed by atoms with Gasteiger partial charge in [-0.15, -0.1) is 5.10 Å². The molecule has 0 bridgehead atoms. The van der Waals surface area contributed by atoms with E-state index < -0.39 is 23.5 Å². The highest BCUT2D eigenvalue weighted by Crippen LogP contribution is 2.23. The van der Waals surface area contributed by atoms with Gasteiger partial charge in [-0.3, -0.25) is 0 Å². The van der Waals surface area contributed by atoms with Crippen LogP contribution in [0.15, 0.2) is 36.5 Å². The van der Waals surface area contributed by atoms with Crippen LogP contribution in [0, 0.1) is 5.82 Å². The standard InChI is InChI=1S/C21H23FN4O4/c1-5-29-19(27)17-16-7-6-10-26(16)25-18(24-17)14-11-13(8-9-15(14)22)12-23-20(28)30-21(2,3)4/h6-11H,5,12H2,1-4H3,(H,23,28). The van der Waals surface area contributed by atoms with Crippen molar-refractivity contribution in [3.8, 4) is 11.4 Å². The molecule has 0 atom stereocenters. The molecule has 0 fully saturated rings. The van der Waals surface area contributed by atoms with Crippen LogP contribution < -0.4 is 5.32 Å². The summed E-state index contributed by atoms with van der Waals surface area (Å²) < 4.78 is 26.3. The molecular formula is C21H23FN4O4. The Kier molecular flexibility index (Phi) is 6.00. The van der Waals surface area contributed by atoms with E-state index in [0.29, 0.717) is 11.1 Å². The quantitative estimate of drug-likeness (QED) is 0.639. The summed E-state index contributed by atoms with van der Waals surface area (Å²) in [5, 5.41) is 6.92. The smallest absolute Gasteiger partial charge is 0.407 e. The predicted octanol–water partition coefficient (Wildman–Crippen LogP) is 3.74. The average Bonchev–Trinajstić information content (AvgIpc) is 3.14. The number of esters is 1. The zero-order valence-corrected chi connectivity index (χ0v) is 17.2. The summed E-state index contributed by atoms with van der Waals surface area (Å²) in [6, 6.07) is 7.69.